The van der Waals surface area contributed by atoms with Crippen LogP contribution in [0.3, 0.4) is 0 Å². The summed E-state index contributed by atoms with van der Waals surface area (Å²) in [5, 5.41) is 5.88. The van der Waals surface area contributed by atoms with Crippen LogP contribution in [-0.4, -0.2) is 47.4 Å². The Kier molecular flexibility index (Phi) is 6.06. The first kappa shape index (κ1) is 18.3. The number of rotatable bonds is 7. The first-order valence-electron chi connectivity index (χ1n) is 9.32. The Labute approximate surface area is 153 Å². The van der Waals surface area contributed by atoms with Gasteiger partial charge in [-0.15, -0.1) is 11.3 Å². The van der Waals surface area contributed by atoms with E-state index in [1.807, 2.05) is 4.90 Å². The van der Waals surface area contributed by atoms with Crippen molar-refractivity contribution in [2.75, 3.05) is 24.5 Å². The van der Waals surface area contributed by atoms with Gasteiger partial charge in [-0.25, -0.2) is 4.98 Å². The van der Waals surface area contributed by atoms with Gasteiger partial charge in [0.1, 0.15) is 0 Å². The van der Waals surface area contributed by atoms with Crippen molar-refractivity contribution in [2.24, 2.45) is 5.92 Å². The van der Waals surface area contributed by atoms with Gasteiger partial charge >= 0.3 is 0 Å². The van der Waals surface area contributed by atoms with Crippen LogP contribution in [0.4, 0.5) is 5.13 Å². The van der Waals surface area contributed by atoms with Gasteiger partial charge in [0.15, 0.2) is 5.13 Å². The zero-order valence-electron chi connectivity index (χ0n) is 15.2. The third kappa shape index (κ3) is 4.79. The highest BCUT2D eigenvalue weighted by Crippen LogP contribution is 2.34. The van der Waals surface area contributed by atoms with Gasteiger partial charge in [0, 0.05) is 38.0 Å². The molecule has 1 N–H and O–H groups in total. The van der Waals surface area contributed by atoms with Crippen LogP contribution < -0.4 is 10.2 Å². The van der Waals surface area contributed by atoms with Crippen LogP contribution in [0, 0.1) is 5.92 Å². The molecule has 6 nitrogen and oxygen atoms in total. The summed E-state index contributed by atoms with van der Waals surface area (Å²) in [6.45, 7) is 6.99. The average molecular weight is 365 g/mol. The molecule has 2 heterocycles. The van der Waals surface area contributed by atoms with E-state index in [1.54, 1.807) is 18.3 Å². The summed E-state index contributed by atoms with van der Waals surface area (Å²) in [4.78, 5) is 32.9. The molecule has 1 aromatic heterocycles. The summed E-state index contributed by atoms with van der Waals surface area (Å²) < 4.78 is 0. The number of likely N-dealkylation sites (tertiary alicyclic amines) is 1. The Hall–Kier alpha value is -1.47. The maximum Gasteiger partial charge on any atom is 0.225 e. The molecule has 2 aliphatic rings. The fraction of sp³-hybridized carbons (Fsp3) is 0.722. The van der Waals surface area contributed by atoms with Gasteiger partial charge in [-0.2, -0.15) is 0 Å². The molecule has 1 aromatic rings. The maximum atomic E-state index is 12.2. The molecule has 138 valence electrons. The fourth-order valence-electron chi connectivity index (χ4n) is 3.40. The molecular weight excluding hydrogens is 336 g/mol. The molecule has 1 saturated carbocycles. The number of amides is 2. The topological polar surface area (TPSA) is 65.5 Å². The smallest absolute Gasteiger partial charge is 0.225 e. The largest absolute Gasteiger partial charge is 0.356 e. The third-order valence-corrected chi connectivity index (χ3v) is 5.70. The fourth-order valence-corrected chi connectivity index (χ4v) is 4.32. The van der Waals surface area contributed by atoms with E-state index in [0.717, 1.165) is 69.1 Å². The zero-order valence-corrected chi connectivity index (χ0v) is 16.0. The second-order valence-corrected chi connectivity index (χ2v) is 7.94. The second kappa shape index (κ2) is 8.27. The van der Waals surface area contributed by atoms with Crippen molar-refractivity contribution in [3.63, 3.8) is 0 Å². The zero-order chi connectivity index (χ0) is 17.8. The van der Waals surface area contributed by atoms with Gasteiger partial charge in [0.05, 0.1) is 11.6 Å². The molecule has 1 aliphatic carbocycles. The predicted octanol–water partition coefficient (Wildman–Crippen LogP) is 2.40. The number of hydrogen-bond acceptors (Lipinski definition) is 5. The highest BCUT2D eigenvalue weighted by molar-refractivity contribution is 7.14. The molecular formula is C18H28N4O2S. The van der Waals surface area contributed by atoms with E-state index in [2.05, 4.69) is 27.5 Å². The molecule has 1 aliphatic heterocycles. The number of hydrogen-bond donors (Lipinski definition) is 1. The molecule has 2 amide bonds. The standard InChI is InChI=1S/C18H28N4O2S/c1-3-8-19-17(24)14-5-4-9-21(10-14)11-15-12-25-18(20-15)22(13(2)23)16-6-7-16/h12,14,16H,3-11H2,1-2H3,(H,19,24). The van der Waals surface area contributed by atoms with Gasteiger partial charge in [0.2, 0.25) is 11.8 Å². The Bertz CT molecular complexity index is 614. The summed E-state index contributed by atoms with van der Waals surface area (Å²) >= 11 is 1.55. The van der Waals surface area contributed by atoms with Gasteiger partial charge < -0.3 is 5.32 Å². The average Bonchev–Trinajstić information content (AvgIpc) is 3.32. The van der Waals surface area contributed by atoms with E-state index in [-0.39, 0.29) is 17.7 Å². The Morgan fingerprint density at radius 3 is 2.88 bits per heavy atom. The van der Waals surface area contributed by atoms with Crippen LogP contribution in [-0.2, 0) is 16.1 Å². The monoisotopic (exact) mass is 364 g/mol. The minimum Gasteiger partial charge on any atom is -0.356 e. The Morgan fingerprint density at radius 1 is 1.40 bits per heavy atom. The van der Waals surface area contributed by atoms with E-state index < -0.39 is 0 Å². The lowest BCUT2D eigenvalue weighted by molar-refractivity contribution is -0.126. The van der Waals surface area contributed by atoms with Crippen LogP contribution in [0.25, 0.3) is 0 Å². The molecule has 0 aromatic carbocycles. The summed E-state index contributed by atoms with van der Waals surface area (Å²) in [5.74, 6) is 0.342. The minimum atomic E-state index is 0.0778. The van der Waals surface area contributed by atoms with E-state index in [9.17, 15) is 9.59 Å². The molecule has 0 bridgehead atoms. The van der Waals surface area contributed by atoms with Crippen molar-refractivity contribution in [3.8, 4) is 0 Å². The second-order valence-electron chi connectivity index (χ2n) is 7.11. The van der Waals surface area contributed by atoms with E-state index in [1.165, 1.54) is 0 Å². The first-order chi connectivity index (χ1) is 12.1. The quantitative estimate of drug-likeness (QED) is 0.807. The number of carbonyl (C=O) groups excluding carboxylic acids is 2. The lowest BCUT2D eigenvalue weighted by Crippen LogP contribution is -2.42. The number of aromatic nitrogens is 1. The molecule has 1 unspecified atom stereocenters. The predicted molar refractivity (Wildman–Crippen MR) is 99.6 cm³/mol. The molecule has 1 saturated heterocycles. The number of anilines is 1. The van der Waals surface area contributed by atoms with Crippen molar-refractivity contribution in [1.82, 2.24) is 15.2 Å². The number of thiazole rings is 1. The highest BCUT2D eigenvalue weighted by Gasteiger charge is 2.34. The molecule has 2 fully saturated rings. The van der Waals surface area contributed by atoms with Gasteiger partial charge in [-0.3, -0.25) is 19.4 Å². The van der Waals surface area contributed by atoms with Crippen molar-refractivity contribution >= 4 is 28.3 Å². The van der Waals surface area contributed by atoms with E-state index >= 15 is 0 Å². The number of nitrogens with one attached hydrogen (secondary N) is 1. The minimum absolute atomic E-state index is 0.0778. The molecule has 0 spiro atoms. The molecule has 7 heteroatoms. The molecule has 0 radical (unpaired) electrons. The van der Waals surface area contributed by atoms with Crippen LogP contribution in [0.2, 0.25) is 0 Å². The Morgan fingerprint density at radius 2 is 2.20 bits per heavy atom. The van der Waals surface area contributed by atoms with Crippen LogP contribution in [0.1, 0.15) is 51.6 Å². The highest BCUT2D eigenvalue weighted by atomic mass is 32.1. The van der Waals surface area contributed by atoms with Crippen molar-refractivity contribution < 1.29 is 9.59 Å². The van der Waals surface area contributed by atoms with Crippen LogP contribution in [0.5, 0.6) is 0 Å². The van der Waals surface area contributed by atoms with Crippen LogP contribution >= 0.6 is 11.3 Å². The van der Waals surface area contributed by atoms with E-state index in [0.29, 0.717) is 6.04 Å². The lowest BCUT2D eigenvalue weighted by atomic mass is 9.97. The molecule has 25 heavy (non-hydrogen) atoms. The Balaban J connectivity index is 1.57. The van der Waals surface area contributed by atoms with Gasteiger partial charge in [-0.1, -0.05) is 6.92 Å². The SMILES string of the molecule is CCCNC(=O)C1CCCN(Cc2csc(N(C(C)=O)C3CC3)n2)C1. The molecule has 3 rings (SSSR count). The number of nitrogens with zero attached hydrogens (tertiary/aromatic N) is 3. The lowest BCUT2D eigenvalue weighted by Gasteiger charge is -2.31. The summed E-state index contributed by atoms with van der Waals surface area (Å²) in [7, 11) is 0. The molecule has 1 atom stereocenters. The van der Waals surface area contributed by atoms with E-state index in [4.69, 9.17) is 0 Å². The normalized spacial score (nSPS) is 21.1. The summed E-state index contributed by atoms with van der Waals surface area (Å²) in [5.41, 5.74) is 1.00. The summed E-state index contributed by atoms with van der Waals surface area (Å²) in [6.07, 6.45) is 5.14. The van der Waals surface area contributed by atoms with Gasteiger partial charge in [0.25, 0.3) is 0 Å². The summed E-state index contributed by atoms with van der Waals surface area (Å²) in [6, 6.07) is 0.345. The number of carbonyl (C=O) groups is 2. The van der Waals surface area contributed by atoms with Crippen LogP contribution in [0.15, 0.2) is 5.38 Å². The van der Waals surface area contributed by atoms with Crippen molar-refractivity contribution in [2.45, 2.75) is 58.5 Å². The van der Waals surface area contributed by atoms with Crippen molar-refractivity contribution in [3.05, 3.63) is 11.1 Å². The van der Waals surface area contributed by atoms with Crippen molar-refractivity contribution in [1.29, 1.82) is 0 Å². The number of piperidine rings is 1. The maximum absolute atomic E-state index is 12.2. The third-order valence-electron chi connectivity index (χ3n) is 4.81. The van der Waals surface area contributed by atoms with Gasteiger partial charge in [-0.05, 0) is 38.6 Å². The first-order valence-corrected chi connectivity index (χ1v) is 10.2.